The molecule has 1 saturated heterocycles. The first-order chi connectivity index (χ1) is 16.8. The van der Waals surface area contributed by atoms with Crippen molar-refractivity contribution in [2.75, 3.05) is 23.3 Å². The van der Waals surface area contributed by atoms with E-state index in [0.717, 1.165) is 42.0 Å². The Hall–Kier alpha value is -3.80. The minimum atomic E-state index is -0.697. The van der Waals surface area contributed by atoms with Gasteiger partial charge in [-0.2, -0.15) is 0 Å². The van der Waals surface area contributed by atoms with E-state index in [1.54, 1.807) is 43.2 Å². The average Bonchev–Trinajstić information content (AvgIpc) is 3.54. The third-order valence-electron chi connectivity index (χ3n) is 6.44. The van der Waals surface area contributed by atoms with Gasteiger partial charge in [0.1, 0.15) is 11.6 Å². The van der Waals surface area contributed by atoms with Gasteiger partial charge in [-0.3, -0.25) is 18.7 Å². The highest BCUT2D eigenvalue weighted by molar-refractivity contribution is 7.14. The number of fused-ring (bicyclic) bond motifs is 1. The van der Waals surface area contributed by atoms with E-state index in [1.165, 1.54) is 29.4 Å². The quantitative estimate of drug-likeness (QED) is 0.451. The Labute approximate surface area is 204 Å². The maximum absolute atomic E-state index is 13.0. The van der Waals surface area contributed by atoms with Gasteiger partial charge in [0.05, 0.1) is 11.2 Å². The van der Waals surface area contributed by atoms with E-state index in [4.69, 9.17) is 0 Å². The molecule has 1 fully saturated rings. The van der Waals surface area contributed by atoms with Crippen LogP contribution in [0.5, 0.6) is 0 Å². The van der Waals surface area contributed by atoms with Crippen LogP contribution in [0.4, 0.5) is 11.1 Å². The number of nitrogens with one attached hydrogen (secondary N) is 1. The second-order valence-corrected chi connectivity index (χ2v) is 9.54. The van der Waals surface area contributed by atoms with Gasteiger partial charge in [0.15, 0.2) is 5.13 Å². The fraction of sp³-hybridized carbons (Fsp3) is 0.391. The van der Waals surface area contributed by atoms with Crippen molar-refractivity contribution in [3.8, 4) is 11.3 Å². The molecule has 0 unspecified atom stereocenters. The normalized spacial score (nSPS) is 14.9. The standard InChI is InChI=1S/C23H26N8O3S/c1-14(31-10-7-17-18(31)20(33)29(3)23(34)28(17)2)19(32)27-22-26-16(13-35-22)15-11-24-21(25-12-15)30-8-5-4-6-9-30/h7,10-14H,4-6,8-9H2,1-3H3,(H,26,27,32)/t14-/m0/s1. The van der Waals surface area contributed by atoms with Crippen molar-refractivity contribution in [2.24, 2.45) is 14.1 Å². The number of hydrogen-bond acceptors (Lipinski definition) is 8. The molecule has 0 aromatic carbocycles. The number of aromatic nitrogens is 6. The Balaban J connectivity index is 1.33. The van der Waals surface area contributed by atoms with Crippen LogP contribution in [0.2, 0.25) is 0 Å². The predicted octanol–water partition coefficient (Wildman–Crippen LogP) is 2.14. The Morgan fingerprint density at radius 1 is 1.09 bits per heavy atom. The molecular weight excluding hydrogens is 468 g/mol. The third kappa shape index (κ3) is 4.14. The summed E-state index contributed by atoms with van der Waals surface area (Å²) in [4.78, 5) is 53.6. The van der Waals surface area contributed by atoms with Gasteiger partial charge in [0.2, 0.25) is 11.9 Å². The number of thiazole rings is 1. The molecule has 1 amide bonds. The summed E-state index contributed by atoms with van der Waals surface area (Å²) >= 11 is 1.30. The topological polar surface area (TPSA) is 120 Å². The lowest BCUT2D eigenvalue weighted by Crippen LogP contribution is -2.38. The molecule has 0 saturated carbocycles. The average molecular weight is 495 g/mol. The predicted molar refractivity (Wildman–Crippen MR) is 135 cm³/mol. The number of hydrogen-bond donors (Lipinski definition) is 1. The fourth-order valence-electron chi connectivity index (χ4n) is 4.33. The Bertz CT molecular complexity index is 1510. The summed E-state index contributed by atoms with van der Waals surface area (Å²) < 4.78 is 4.01. The molecule has 4 aromatic rings. The van der Waals surface area contributed by atoms with Gasteiger partial charge in [-0.15, -0.1) is 11.3 Å². The molecule has 0 aliphatic carbocycles. The minimum absolute atomic E-state index is 0.294. The van der Waals surface area contributed by atoms with Crippen LogP contribution < -0.4 is 21.5 Å². The van der Waals surface area contributed by atoms with Crippen molar-refractivity contribution in [3.05, 3.63) is 50.9 Å². The maximum Gasteiger partial charge on any atom is 0.331 e. The van der Waals surface area contributed by atoms with Crippen LogP contribution in [0, 0.1) is 0 Å². The molecule has 0 spiro atoms. The van der Waals surface area contributed by atoms with Crippen molar-refractivity contribution < 1.29 is 4.79 Å². The molecular formula is C23H26N8O3S. The van der Waals surface area contributed by atoms with E-state index in [9.17, 15) is 14.4 Å². The lowest BCUT2D eigenvalue weighted by Gasteiger charge is -2.26. The number of nitrogens with zero attached hydrogens (tertiary/aromatic N) is 7. The van der Waals surface area contributed by atoms with Crippen LogP contribution >= 0.6 is 11.3 Å². The summed E-state index contributed by atoms with van der Waals surface area (Å²) in [5.74, 6) is 0.407. The zero-order valence-electron chi connectivity index (χ0n) is 19.8. The van der Waals surface area contributed by atoms with Crippen LogP contribution in [0.25, 0.3) is 22.3 Å². The van der Waals surface area contributed by atoms with Crippen molar-refractivity contribution in [1.82, 2.24) is 28.7 Å². The summed E-state index contributed by atoms with van der Waals surface area (Å²) in [5, 5.41) is 5.11. The van der Waals surface area contributed by atoms with Gasteiger partial charge < -0.3 is 14.8 Å². The van der Waals surface area contributed by atoms with E-state index < -0.39 is 17.3 Å². The van der Waals surface area contributed by atoms with Gasteiger partial charge in [0, 0.05) is 56.7 Å². The minimum Gasteiger partial charge on any atom is -0.341 e. The summed E-state index contributed by atoms with van der Waals surface area (Å²) in [6, 6.07) is 0.967. The Morgan fingerprint density at radius 2 is 1.80 bits per heavy atom. The number of rotatable bonds is 5. The highest BCUT2D eigenvalue weighted by Crippen LogP contribution is 2.26. The smallest absolute Gasteiger partial charge is 0.331 e. The molecule has 182 valence electrons. The van der Waals surface area contributed by atoms with Gasteiger partial charge in [-0.1, -0.05) is 0 Å². The zero-order chi connectivity index (χ0) is 24.7. The molecule has 4 aromatic heterocycles. The van der Waals surface area contributed by atoms with Crippen molar-refractivity contribution in [3.63, 3.8) is 0 Å². The van der Waals surface area contributed by atoms with E-state index in [2.05, 4.69) is 25.2 Å². The molecule has 35 heavy (non-hydrogen) atoms. The first kappa shape index (κ1) is 23.0. The van der Waals surface area contributed by atoms with E-state index >= 15 is 0 Å². The highest BCUT2D eigenvalue weighted by atomic mass is 32.1. The van der Waals surface area contributed by atoms with E-state index in [1.807, 2.05) is 5.38 Å². The molecule has 1 aliphatic heterocycles. The number of aryl methyl sites for hydroxylation is 1. The number of carbonyl (C=O) groups excluding carboxylic acids is 1. The molecule has 1 N–H and O–H groups in total. The van der Waals surface area contributed by atoms with E-state index in [0.29, 0.717) is 21.9 Å². The van der Waals surface area contributed by atoms with Crippen LogP contribution in [-0.2, 0) is 18.9 Å². The Morgan fingerprint density at radius 3 is 2.51 bits per heavy atom. The number of carbonyl (C=O) groups is 1. The summed E-state index contributed by atoms with van der Waals surface area (Å²) in [5.41, 5.74) is 1.36. The fourth-order valence-corrected chi connectivity index (χ4v) is 5.06. The molecule has 1 atom stereocenters. The monoisotopic (exact) mass is 494 g/mol. The molecule has 11 nitrogen and oxygen atoms in total. The second kappa shape index (κ2) is 9.10. The number of anilines is 2. The third-order valence-corrected chi connectivity index (χ3v) is 7.20. The molecule has 5 rings (SSSR count). The van der Waals surface area contributed by atoms with Gasteiger partial charge >= 0.3 is 5.69 Å². The lowest BCUT2D eigenvalue weighted by molar-refractivity contribution is -0.118. The number of piperidine rings is 1. The van der Waals surface area contributed by atoms with Crippen LogP contribution in [0.3, 0.4) is 0 Å². The van der Waals surface area contributed by atoms with E-state index in [-0.39, 0.29) is 5.91 Å². The molecule has 0 bridgehead atoms. The van der Waals surface area contributed by atoms with Crippen molar-refractivity contribution in [1.29, 1.82) is 0 Å². The second-order valence-electron chi connectivity index (χ2n) is 8.69. The Kier molecular flexibility index (Phi) is 5.97. The summed E-state index contributed by atoms with van der Waals surface area (Å²) in [6.07, 6.45) is 8.72. The number of amides is 1. The largest absolute Gasteiger partial charge is 0.341 e. The lowest BCUT2D eigenvalue weighted by atomic mass is 10.1. The van der Waals surface area contributed by atoms with Gasteiger partial charge in [-0.05, 0) is 32.3 Å². The molecule has 0 radical (unpaired) electrons. The highest BCUT2D eigenvalue weighted by Gasteiger charge is 2.22. The van der Waals surface area contributed by atoms with Crippen LogP contribution in [-0.4, -0.2) is 47.6 Å². The van der Waals surface area contributed by atoms with Crippen LogP contribution in [0.15, 0.2) is 39.6 Å². The molecule has 5 heterocycles. The molecule has 1 aliphatic rings. The van der Waals surface area contributed by atoms with Crippen molar-refractivity contribution in [2.45, 2.75) is 32.2 Å². The van der Waals surface area contributed by atoms with Gasteiger partial charge in [-0.25, -0.2) is 19.7 Å². The first-order valence-corrected chi connectivity index (χ1v) is 12.3. The SMILES string of the molecule is C[C@@H](C(=O)Nc1nc(-c2cnc(N3CCCCC3)nc2)cs1)n1ccc2c1c(=O)n(C)c(=O)n2C. The summed E-state index contributed by atoms with van der Waals surface area (Å²) in [7, 11) is 3.02. The first-order valence-electron chi connectivity index (χ1n) is 11.5. The van der Waals surface area contributed by atoms with Crippen molar-refractivity contribution >= 4 is 39.4 Å². The molecule has 12 heteroatoms. The zero-order valence-corrected chi connectivity index (χ0v) is 20.6. The maximum atomic E-state index is 13.0. The summed E-state index contributed by atoms with van der Waals surface area (Å²) in [6.45, 7) is 3.65. The van der Waals surface area contributed by atoms with Gasteiger partial charge in [0.25, 0.3) is 5.56 Å². The van der Waals surface area contributed by atoms with Crippen LogP contribution in [0.1, 0.15) is 32.2 Å².